The fourth-order valence-electron chi connectivity index (χ4n) is 1.73. The van der Waals surface area contributed by atoms with Gasteiger partial charge in [-0.05, 0) is 25.7 Å². The molecule has 0 aromatic heterocycles. The molecule has 1 amide bonds. The van der Waals surface area contributed by atoms with Crippen LogP contribution in [0.25, 0.3) is 0 Å². The Morgan fingerprint density at radius 3 is 2.75 bits per heavy atom. The van der Waals surface area contributed by atoms with E-state index in [1.54, 1.807) is 4.90 Å². The van der Waals surface area contributed by atoms with Crippen molar-refractivity contribution in [1.82, 2.24) is 4.90 Å². The van der Waals surface area contributed by atoms with Gasteiger partial charge in [-0.15, -0.1) is 0 Å². The van der Waals surface area contributed by atoms with Gasteiger partial charge in [-0.1, -0.05) is 12.2 Å². The molecule has 0 aromatic rings. The van der Waals surface area contributed by atoms with Crippen molar-refractivity contribution >= 4 is 5.91 Å². The van der Waals surface area contributed by atoms with Crippen LogP contribution in [0, 0.1) is 5.92 Å². The molecule has 2 nitrogen and oxygen atoms in total. The fourth-order valence-corrected chi connectivity index (χ4v) is 1.73. The van der Waals surface area contributed by atoms with Crippen molar-refractivity contribution < 1.29 is 4.79 Å². The van der Waals surface area contributed by atoms with Gasteiger partial charge in [0.05, 0.1) is 0 Å². The van der Waals surface area contributed by atoms with Crippen molar-refractivity contribution in [2.75, 3.05) is 14.1 Å². The summed E-state index contributed by atoms with van der Waals surface area (Å²) < 4.78 is 0. The molecule has 1 aliphatic rings. The van der Waals surface area contributed by atoms with Gasteiger partial charge >= 0.3 is 0 Å². The molecule has 0 aliphatic heterocycles. The Morgan fingerprint density at radius 2 is 2.25 bits per heavy atom. The van der Waals surface area contributed by atoms with E-state index in [9.17, 15) is 4.79 Å². The highest BCUT2D eigenvalue weighted by Gasteiger charge is 2.23. The largest absolute Gasteiger partial charge is 0.349 e. The van der Waals surface area contributed by atoms with Gasteiger partial charge in [0.25, 0.3) is 0 Å². The Labute approximate surface area is 74.2 Å². The van der Waals surface area contributed by atoms with Gasteiger partial charge in [-0.2, -0.15) is 0 Å². The minimum absolute atomic E-state index is 0.209. The molecular formula is C10H17NO. The van der Waals surface area contributed by atoms with Crippen LogP contribution in [0.3, 0.4) is 0 Å². The standard InChI is InChI=1S/C10H17NO/c1-8-5-4-6-9(7-8)10(12)11(2)3/h9H,1,4-7H2,2-3H3. The number of carbonyl (C=O) groups excluding carboxylic acids is 1. The second kappa shape index (κ2) is 3.74. The lowest BCUT2D eigenvalue weighted by molar-refractivity contribution is -0.133. The maximum absolute atomic E-state index is 11.5. The SMILES string of the molecule is C=C1CCCC(C(=O)N(C)C)C1. The van der Waals surface area contributed by atoms with Gasteiger partial charge in [-0.25, -0.2) is 0 Å². The zero-order valence-electron chi connectivity index (χ0n) is 7.97. The predicted octanol–water partition coefficient (Wildman–Crippen LogP) is 1.82. The second-order valence-electron chi connectivity index (χ2n) is 3.78. The molecule has 0 N–H and O–H groups in total. The first kappa shape index (κ1) is 9.30. The van der Waals surface area contributed by atoms with E-state index >= 15 is 0 Å². The Bertz CT molecular complexity index is 196. The number of amides is 1. The number of allylic oxidation sites excluding steroid dienone is 1. The van der Waals surface area contributed by atoms with Crippen LogP contribution < -0.4 is 0 Å². The summed E-state index contributed by atoms with van der Waals surface area (Å²) in [5.41, 5.74) is 1.24. The van der Waals surface area contributed by atoms with Crippen LogP contribution in [0.4, 0.5) is 0 Å². The molecule has 1 aliphatic carbocycles. The van der Waals surface area contributed by atoms with Crippen LogP contribution in [-0.2, 0) is 4.79 Å². The van der Waals surface area contributed by atoms with Crippen molar-refractivity contribution in [1.29, 1.82) is 0 Å². The fraction of sp³-hybridized carbons (Fsp3) is 0.700. The van der Waals surface area contributed by atoms with Gasteiger partial charge < -0.3 is 4.90 Å². The number of carbonyl (C=O) groups is 1. The monoisotopic (exact) mass is 167 g/mol. The van der Waals surface area contributed by atoms with Crippen LogP contribution in [-0.4, -0.2) is 24.9 Å². The lowest BCUT2D eigenvalue weighted by Gasteiger charge is -2.25. The minimum Gasteiger partial charge on any atom is -0.349 e. The van der Waals surface area contributed by atoms with E-state index in [2.05, 4.69) is 6.58 Å². The van der Waals surface area contributed by atoms with Gasteiger partial charge in [0.1, 0.15) is 0 Å². The average Bonchev–Trinajstić information content (AvgIpc) is 2.03. The number of hydrogen-bond donors (Lipinski definition) is 0. The topological polar surface area (TPSA) is 20.3 Å². The van der Waals surface area contributed by atoms with Crippen LogP contribution in [0.5, 0.6) is 0 Å². The van der Waals surface area contributed by atoms with Crippen LogP contribution in [0.2, 0.25) is 0 Å². The molecule has 1 fully saturated rings. The molecule has 0 radical (unpaired) electrons. The zero-order chi connectivity index (χ0) is 9.14. The van der Waals surface area contributed by atoms with Crippen molar-refractivity contribution in [2.45, 2.75) is 25.7 Å². The van der Waals surface area contributed by atoms with E-state index in [1.807, 2.05) is 14.1 Å². The van der Waals surface area contributed by atoms with E-state index in [4.69, 9.17) is 0 Å². The molecule has 0 heterocycles. The summed E-state index contributed by atoms with van der Waals surface area (Å²) in [6.07, 6.45) is 4.17. The first-order valence-electron chi connectivity index (χ1n) is 4.49. The smallest absolute Gasteiger partial charge is 0.225 e. The first-order valence-corrected chi connectivity index (χ1v) is 4.49. The van der Waals surface area contributed by atoms with Crippen molar-refractivity contribution in [2.24, 2.45) is 5.92 Å². The molecule has 2 heteroatoms. The Hall–Kier alpha value is -0.790. The molecule has 12 heavy (non-hydrogen) atoms. The normalized spacial score (nSPS) is 23.8. The maximum Gasteiger partial charge on any atom is 0.225 e. The summed E-state index contributed by atoms with van der Waals surface area (Å²) in [6, 6.07) is 0. The lowest BCUT2D eigenvalue weighted by Crippen LogP contribution is -2.31. The molecule has 0 aromatic carbocycles. The zero-order valence-corrected chi connectivity index (χ0v) is 7.97. The summed E-state index contributed by atoms with van der Waals surface area (Å²) in [5.74, 6) is 0.470. The molecule has 0 bridgehead atoms. The van der Waals surface area contributed by atoms with E-state index in [0.29, 0.717) is 0 Å². The quantitative estimate of drug-likeness (QED) is 0.545. The van der Waals surface area contributed by atoms with Crippen molar-refractivity contribution in [3.8, 4) is 0 Å². The van der Waals surface area contributed by atoms with Gasteiger partial charge in [0.2, 0.25) is 5.91 Å². The first-order chi connectivity index (χ1) is 5.61. The van der Waals surface area contributed by atoms with Crippen LogP contribution >= 0.6 is 0 Å². The highest BCUT2D eigenvalue weighted by molar-refractivity contribution is 5.78. The third-order valence-electron chi connectivity index (χ3n) is 2.41. The lowest BCUT2D eigenvalue weighted by atomic mass is 9.85. The Morgan fingerprint density at radius 1 is 1.58 bits per heavy atom. The minimum atomic E-state index is 0.209. The second-order valence-corrected chi connectivity index (χ2v) is 3.78. The molecule has 68 valence electrons. The Balaban J connectivity index is 2.51. The molecule has 1 saturated carbocycles. The van der Waals surface area contributed by atoms with Gasteiger partial charge in [0.15, 0.2) is 0 Å². The molecule has 1 unspecified atom stereocenters. The molecule has 0 saturated heterocycles. The predicted molar refractivity (Wildman–Crippen MR) is 49.8 cm³/mol. The van der Waals surface area contributed by atoms with Crippen LogP contribution in [0.15, 0.2) is 12.2 Å². The molecule has 1 atom stereocenters. The van der Waals surface area contributed by atoms with Gasteiger partial charge in [0, 0.05) is 20.0 Å². The molecular weight excluding hydrogens is 150 g/mol. The van der Waals surface area contributed by atoms with E-state index in [-0.39, 0.29) is 11.8 Å². The highest BCUT2D eigenvalue weighted by Crippen LogP contribution is 2.27. The number of nitrogens with zero attached hydrogens (tertiary/aromatic N) is 1. The summed E-state index contributed by atoms with van der Waals surface area (Å²) in [4.78, 5) is 13.2. The van der Waals surface area contributed by atoms with E-state index < -0.39 is 0 Å². The Kier molecular flexibility index (Phi) is 2.90. The summed E-state index contributed by atoms with van der Waals surface area (Å²) in [7, 11) is 3.64. The highest BCUT2D eigenvalue weighted by atomic mass is 16.2. The van der Waals surface area contributed by atoms with Crippen LogP contribution in [0.1, 0.15) is 25.7 Å². The molecule has 1 rings (SSSR count). The third kappa shape index (κ3) is 2.10. The van der Waals surface area contributed by atoms with E-state index in [1.165, 1.54) is 5.57 Å². The van der Waals surface area contributed by atoms with Crippen molar-refractivity contribution in [3.05, 3.63) is 12.2 Å². The average molecular weight is 167 g/mol. The maximum atomic E-state index is 11.5. The summed E-state index contributed by atoms with van der Waals surface area (Å²) in [6.45, 7) is 3.94. The third-order valence-corrected chi connectivity index (χ3v) is 2.41. The summed E-state index contributed by atoms with van der Waals surface area (Å²) in [5, 5.41) is 0. The van der Waals surface area contributed by atoms with E-state index in [0.717, 1.165) is 25.7 Å². The number of rotatable bonds is 1. The van der Waals surface area contributed by atoms with Gasteiger partial charge in [-0.3, -0.25) is 4.79 Å². The van der Waals surface area contributed by atoms with Crippen molar-refractivity contribution in [3.63, 3.8) is 0 Å². The number of hydrogen-bond acceptors (Lipinski definition) is 1. The summed E-state index contributed by atoms with van der Waals surface area (Å²) >= 11 is 0. The molecule has 0 spiro atoms.